The summed E-state index contributed by atoms with van der Waals surface area (Å²) in [5.41, 5.74) is 3.12. The Morgan fingerprint density at radius 1 is 1.28 bits per heavy atom. The Kier molecular flexibility index (Phi) is 2.47. The average Bonchev–Trinajstić information content (AvgIpc) is 2.68. The van der Waals surface area contributed by atoms with Gasteiger partial charge in [-0.05, 0) is 32.8 Å². The van der Waals surface area contributed by atoms with Crippen LogP contribution in [0.3, 0.4) is 0 Å². The zero-order valence-corrected chi connectivity index (χ0v) is 11.0. The van der Waals surface area contributed by atoms with Crippen molar-refractivity contribution in [3.63, 3.8) is 0 Å². The molecular weight excluding hydrogens is 228 g/mol. The maximum absolute atomic E-state index is 12.1. The minimum Gasteiger partial charge on any atom is -0.461 e. The Hall–Kier alpha value is -1.38. The van der Waals surface area contributed by atoms with E-state index in [0.29, 0.717) is 0 Å². The van der Waals surface area contributed by atoms with E-state index >= 15 is 0 Å². The fraction of sp³-hybridized carbons (Fsp3) is 0.600. The fourth-order valence-electron chi connectivity index (χ4n) is 3.69. The van der Waals surface area contributed by atoms with Crippen LogP contribution >= 0.6 is 0 Å². The zero-order chi connectivity index (χ0) is 13.0. The molecule has 0 bridgehead atoms. The van der Waals surface area contributed by atoms with Crippen LogP contribution in [-0.4, -0.2) is 17.9 Å². The minimum absolute atomic E-state index is 0.0129. The zero-order valence-electron chi connectivity index (χ0n) is 11.0. The Labute approximate surface area is 107 Å². The van der Waals surface area contributed by atoms with Crippen LogP contribution in [-0.2, 0) is 14.3 Å². The van der Waals surface area contributed by atoms with Gasteiger partial charge in [-0.3, -0.25) is 9.59 Å². The molecule has 2 aliphatic carbocycles. The number of rotatable bonds is 0. The quantitative estimate of drug-likeness (QED) is 0.616. The second kappa shape index (κ2) is 3.81. The molecule has 0 amide bonds. The first kappa shape index (κ1) is 11.7. The van der Waals surface area contributed by atoms with Crippen molar-refractivity contribution in [3.8, 4) is 0 Å². The molecule has 3 aliphatic rings. The van der Waals surface area contributed by atoms with Crippen molar-refractivity contribution in [2.75, 3.05) is 0 Å². The summed E-state index contributed by atoms with van der Waals surface area (Å²) >= 11 is 0. The smallest absolute Gasteiger partial charge is 0.309 e. The second-order valence-electron chi connectivity index (χ2n) is 5.82. The standard InChI is InChI=1S/C15H18O3/c1-7-4-5-10-9(3)15(17)18-14(10)13-8(2)6-11(16)12(7)13/h6,9-10,13-14H,4-5H2,1-3H3/t9?,10-,13-,14-/m0/s1. The summed E-state index contributed by atoms with van der Waals surface area (Å²) in [4.78, 5) is 23.8. The number of allylic oxidation sites excluding steroid dienone is 2. The predicted octanol–water partition coefficient (Wildman–Crippen LogP) is 2.42. The second-order valence-corrected chi connectivity index (χ2v) is 5.82. The highest BCUT2D eigenvalue weighted by atomic mass is 16.6. The van der Waals surface area contributed by atoms with Crippen molar-refractivity contribution in [1.82, 2.24) is 0 Å². The average molecular weight is 246 g/mol. The van der Waals surface area contributed by atoms with Gasteiger partial charge in [0.05, 0.1) is 5.92 Å². The summed E-state index contributed by atoms with van der Waals surface area (Å²) in [5.74, 6) is 0.246. The van der Waals surface area contributed by atoms with Gasteiger partial charge in [0.25, 0.3) is 0 Å². The molecule has 1 aliphatic heterocycles. The van der Waals surface area contributed by atoms with E-state index in [4.69, 9.17) is 4.74 Å². The van der Waals surface area contributed by atoms with E-state index in [9.17, 15) is 9.59 Å². The summed E-state index contributed by atoms with van der Waals surface area (Å²) in [5, 5.41) is 0. The first-order valence-electron chi connectivity index (χ1n) is 6.63. The Morgan fingerprint density at radius 2 is 2.00 bits per heavy atom. The van der Waals surface area contributed by atoms with Gasteiger partial charge in [-0.25, -0.2) is 0 Å². The molecule has 96 valence electrons. The lowest BCUT2D eigenvalue weighted by molar-refractivity contribution is -0.144. The highest BCUT2D eigenvalue weighted by Crippen LogP contribution is 2.47. The normalized spacial score (nSPS) is 39.2. The molecule has 3 heteroatoms. The van der Waals surface area contributed by atoms with Crippen molar-refractivity contribution in [3.05, 3.63) is 22.8 Å². The molecular formula is C15H18O3. The molecule has 18 heavy (non-hydrogen) atoms. The number of carbonyl (C=O) groups is 2. The van der Waals surface area contributed by atoms with Gasteiger partial charge in [0.15, 0.2) is 5.78 Å². The van der Waals surface area contributed by atoms with Crippen LogP contribution in [0.5, 0.6) is 0 Å². The van der Waals surface area contributed by atoms with E-state index in [-0.39, 0.29) is 35.6 Å². The van der Waals surface area contributed by atoms with Gasteiger partial charge in [-0.15, -0.1) is 0 Å². The SMILES string of the molecule is CC1=CC(=O)C2=C(C)CC[C@H]3C(C)C(=O)O[C@@H]3[C@@H]12. The van der Waals surface area contributed by atoms with E-state index in [2.05, 4.69) is 0 Å². The third kappa shape index (κ3) is 1.43. The highest BCUT2D eigenvalue weighted by molar-refractivity contribution is 6.09. The van der Waals surface area contributed by atoms with Gasteiger partial charge in [0, 0.05) is 17.4 Å². The van der Waals surface area contributed by atoms with E-state index in [1.54, 1.807) is 6.08 Å². The van der Waals surface area contributed by atoms with E-state index < -0.39 is 0 Å². The van der Waals surface area contributed by atoms with Gasteiger partial charge in [-0.1, -0.05) is 18.1 Å². The van der Waals surface area contributed by atoms with Gasteiger partial charge < -0.3 is 4.74 Å². The molecule has 3 nitrogen and oxygen atoms in total. The molecule has 4 atom stereocenters. The molecule has 1 heterocycles. The minimum atomic E-state index is -0.123. The third-order valence-electron chi connectivity index (χ3n) is 4.76. The predicted molar refractivity (Wildman–Crippen MR) is 66.7 cm³/mol. The molecule has 1 unspecified atom stereocenters. The van der Waals surface area contributed by atoms with Crippen molar-refractivity contribution in [1.29, 1.82) is 0 Å². The van der Waals surface area contributed by atoms with Crippen LogP contribution in [0.1, 0.15) is 33.6 Å². The lowest BCUT2D eigenvalue weighted by Gasteiger charge is -2.24. The van der Waals surface area contributed by atoms with Crippen LogP contribution in [0.2, 0.25) is 0 Å². The molecule has 0 aromatic heterocycles. The van der Waals surface area contributed by atoms with Gasteiger partial charge in [0.1, 0.15) is 6.10 Å². The van der Waals surface area contributed by atoms with Crippen LogP contribution < -0.4 is 0 Å². The summed E-state index contributed by atoms with van der Waals surface area (Å²) in [6.07, 6.45) is 3.44. The first-order chi connectivity index (χ1) is 8.50. The summed E-state index contributed by atoms with van der Waals surface area (Å²) < 4.78 is 5.57. The van der Waals surface area contributed by atoms with Gasteiger partial charge in [-0.2, -0.15) is 0 Å². The lowest BCUT2D eigenvalue weighted by Crippen LogP contribution is -2.28. The van der Waals surface area contributed by atoms with Crippen LogP contribution in [0.25, 0.3) is 0 Å². The fourth-order valence-corrected chi connectivity index (χ4v) is 3.69. The highest BCUT2D eigenvalue weighted by Gasteiger charge is 2.50. The van der Waals surface area contributed by atoms with E-state index in [1.165, 1.54) is 5.57 Å². The van der Waals surface area contributed by atoms with E-state index in [0.717, 1.165) is 24.0 Å². The number of hydrogen-bond donors (Lipinski definition) is 0. The summed E-state index contributed by atoms with van der Waals surface area (Å²) in [6, 6.07) is 0. The molecule has 3 rings (SSSR count). The number of hydrogen-bond acceptors (Lipinski definition) is 3. The van der Waals surface area contributed by atoms with Crippen molar-refractivity contribution >= 4 is 11.8 Å². The lowest BCUT2D eigenvalue weighted by atomic mass is 9.81. The maximum atomic E-state index is 12.1. The van der Waals surface area contributed by atoms with Crippen LogP contribution in [0.15, 0.2) is 22.8 Å². The number of fused-ring (bicyclic) bond motifs is 3. The van der Waals surface area contributed by atoms with Crippen molar-refractivity contribution in [2.24, 2.45) is 17.8 Å². The van der Waals surface area contributed by atoms with Crippen molar-refractivity contribution < 1.29 is 14.3 Å². The molecule has 0 N–H and O–H groups in total. The topological polar surface area (TPSA) is 43.4 Å². The Balaban J connectivity index is 2.07. The Morgan fingerprint density at radius 3 is 2.72 bits per heavy atom. The van der Waals surface area contributed by atoms with Gasteiger partial charge in [0.2, 0.25) is 0 Å². The molecule has 0 radical (unpaired) electrons. The summed E-state index contributed by atoms with van der Waals surface area (Å²) in [7, 11) is 0. The van der Waals surface area contributed by atoms with Crippen LogP contribution in [0, 0.1) is 17.8 Å². The molecule has 1 fully saturated rings. The largest absolute Gasteiger partial charge is 0.461 e. The molecule has 1 saturated heterocycles. The maximum Gasteiger partial charge on any atom is 0.309 e. The summed E-state index contributed by atoms with van der Waals surface area (Å²) in [6.45, 7) is 5.96. The van der Waals surface area contributed by atoms with Gasteiger partial charge >= 0.3 is 5.97 Å². The molecule has 0 aromatic carbocycles. The monoisotopic (exact) mass is 246 g/mol. The Bertz CT molecular complexity index is 498. The number of esters is 1. The first-order valence-corrected chi connectivity index (χ1v) is 6.63. The van der Waals surface area contributed by atoms with E-state index in [1.807, 2.05) is 20.8 Å². The number of ketones is 1. The molecule has 0 saturated carbocycles. The van der Waals surface area contributed by atoms with Crippen LogP contribution in [0.4, 0.5) is 0 Å². The number of carbonyl (C=O) groups excluding carboxylic acids is 2. The number of ether oxygens (including phenoxy) is 1. The van der Waals surface area contributed by atoms with Crippen molar-refractivity contribution in [2.45, 2.75) is 39.7 Å². The molecule has 0 aromatic rings. The third-order valence-corrected chi connectivity index (χ3v) is 4.76. The molecule has 0 spiro atoms.